The van der Waals surface area contributed by atoms with Crippen LogP contribution in [0.4, 0.5) is 4.39 Å². The summed E-state index contributed by atoms with van der Waals surface area (Å²) in [6, 6.07) is 9.12. The number of rotatable bonds is 2. The Hall–Kier alpha value is 0.290. The van der Waals surface area contributed by atoms with Gasteiger partial charge in [0, 0.05) is 8.95 Å². The first-order valence-corrected chi connectivity index (χ1v) is 8.74. The lowest BCUT2D eigenvalue weighted by Crippen LogP contribution is -1.98. The van der Waals surface area contributed by atoms with E-state index < -0.39 is 0 Å². The van der Waals surface area contributed by atoms with E-state index in [1.165, 1.54) is 6.07 Å². The third-order valence-corrected chi connectivity index (χ3v) is 6.17. The predicted molar refractivity (Wildman–Crippen MR) is 91.4 cm³/mol. The highest BCUT2D eigenvalue weighted by Gasteiger charge is 2.19. The van der Waals surface area contributed by atoms with Gasteiger partial charge in [-0.3, -0.25) is 0 Å². The normalized spacial score (nSPS) is 12.5. The molecular formula is C14H9Br4F. The Kier molecular flexibility index (Phi) is 5.26. The molecule has 0 radical (unpaired) electrons. The average molecular weight is 516 g/mol. The molecule has 0 saturated heterocycles. The summed E-state index contributed by atoms with van der Waals surface area (Å²) < 4.78 is 16.1. The summed E-state index contributed by atoms with van der Waals surface area (Å²) in [6.45, 7) is 2.03. The van der Waals surface area contributed by atoms with Crippen LogP contribution in [0.5, 0.6) is 0 Å². The zero-order chi connectivity index (χ0) is 14.2. The average Bonchev–Trinajstić information content (AvgIpc) is 2.36. The summed E-state index contributed by atoms with van der Waals surface area (Å²) in [5.74, 6) is -0.260. The van der Waals surface area contributed by atoms with Crippen LogP contribution >= 0.6 is 63.7 Å². The summed E-state index contributed by atoms with van der Waals surface area (Å²) >= 11 is 14.0. The van der Waals surface area contributed by atoms with Crippen LogP contribution in [0.3, 0.4) is 0 Å². The summed E-state index contributed by atoms with van der Waals surface area (Å²) in [5.41, 5.74) is 3.05. The van der Waals surface area contributed by atoms with Crippen LogP contribution < -0.4 is 0 Å². The van der Waals surface area contributed by atoms with Crippen molar-refractivity contribution in [2.45, 2.75) is 11.8 Å². The molecule has 0 fully saturated rings. The van der Waals surface area contributed by atoms with E-state index in [4.69, 9.17) is 0 Å². The molecule has 19 heavy (non-hydrogen) atoms. The molecule has 0 nitrogen and oxygen atoms in total. The van der Waals surface area contributed by atoms with Gasteiger partial charge in [-0.1, -0.05) is 59.9 Å². The second kappa shape index (κ2) is 6.37. The topological polar surface area (TPSA) is 0 Å². The predicted octanol–water partition coefficient (Wildman–Crippen LogP) is 6.91. The highest BCUT2D eigenvalue weighted by molar-refractivity contribution is 9.11. The third kappa shape index (κ3) is 3.31. The Labute approximate surface area is 145 Å². The molecule has 0 bridgehead atoms. The first-order chi connectivity index (χ1) is 8.91. The first kappa shape index (κ1) is 15.7. The molecule has 2 aromatic rings. The summed E-state index contributed by atoms with van der Waals surface area (Å²) in [4.78, 5) is -0.0937. The van der Waals surface area contributed by atoms with Crippen molar-refractivity contribution in [1.29, 1.82) is 0 Å². The van der Waals surface area contributed by atoms with Crippen LogP contribution in [-0.4, -0.2) is 0 Å². The fourth-order valence-corrected chi connectivity index (χ4v) is 4.66. The molecular weight excluding hydrogens is 507 g/mol. The number of halogens is 5. The lowest BCUT2D eigenvalue weighted by atomic mass is 10.0. The molecule has 0 aromatic heterocycles. The smallest absolute Gasteiger partial charge is 0.137 e. The van der Waals surface area contributed by atoms with Crippen molar-refractivity contribution in [2.24, 2.45) is 0 Å². The summed E-state index contributed by atoms with van der Waals surface area (Å²) in [7, 11) is 0. The van der Waals surface area contributed by atoms with Crippen molar-refractivity contribution in [3.05, 3.63) is 66.3 Å². The minimum atomic E-state index is -0.260. The maximum Gasteiger partial charge on any atom is 0.137 e. The third-order valence-electron chi connectivity index (χ3n) is 2.81. The van der Waals surface area contributed by atoms with Crippen molar-refractivity contribution in [3.63, 3.8) is 0 Å². The summed E-state index contributed by atoms with van der Waals surface area (Å²) in [5, 5.41) is 0. The van der Waals surface area contributed by atoms with Gasteiger partial charge in [-0.25, -0.2) is 4.39 Å². The van der Waals surface area contributed by atoms with Crippen LogP contribution in [-0.2, 0) is 0 Å². The van der Waals surface area contributed by atoms with Crippen molar-refractivity contribution < 1.29 is 4.39 Å². The highest BCUT2D eigenvalue weighted by atomic mass is 79.9. The Morgan fingerprint density at radius 1 is 1.00 bits per heavy atom. The van der Waals surface area contributed by atoms with Gasteiger partial charge >= 0.3 is 0 Å². The lowest BCUT2D eigenvalue weighted by molar-refractivity contribution is 0.618. The molecule has 0 aliphatic rings. The molecule has 2 rings (SSSR count). The Morgan fingerprint density at radius 2 is 1.68 bits per heavy atom. The number of benzene rings is 2. The number of hydrogen-bond donors (Lipinski definition) is 0. The van der Waals surface area contributed by atoms with Gasteiger partial charge in [0.2, 0.25) is 0 Å². The molecule has 0 N–H and O–H groups in total. The van der Waals surface area contributed by atoms with Crippen LogP contribution in [0.15, 0.2) is 43.7 Å². The molecule has 0 amide bonds. The van der Waals surface area contributed by atoms with Gasteiger partial charge in [-0.2, -0.15) is 0 Å². The van der Waals surface area contributed by atoms with E-state index in [2.05, 4.69) is 63.7 Å². The SMILES string of the molecule is Cc1cc(Br)c(C(Br)c2cccc(F)c2Br)cc1Br. The van der Waals surface area contributed by atoms with Gasteiger partial charge in [0.05, 0.1) is 9.30 Å². The monoisotopic (exact) mass is 512 g/mol. The second-order valence-corrected chi connectivity index (χ2v) is 7.55. The molecule has 0 saturated carbocycles. The zero-order valence-electron chi connectivity index (χ0n) is 9.85. The van der Waals surface area contributed by atoms with Crippen LogP contribution in [0.2, 0.25) is 0 Å². The second-order valence-electron chi connectivity index (χ2n) is 4.13. The minimum absolute atomic E-state index is 0.0937. The molecule has 0 heterocycles. The minimum Gasteiger partial charge on any atom is -0.206 e. The van der Waals surface area contributed by atoms with Crippen LogP contribution in [0, 0.1) is 12.7 Å². The molecule has 1 atom stereocenters. The lowest BCUT2D eigenvalue weighted by Gasteiger charge is -2.16. The standard InChI is InChI=1S/C14H9Br4F/c1-7-5-11(16)9(6-10(7)15)13(17)8-3-2-4-12(19)14(8)18/h2-6,13H,1H3. The zero-order valence-corrected chi connectivity index (χ0v) is 16.2. The van der Waals surface area contributed by atoms with Crippen molar-refractivity contribution >= 4 is 63.7 Å². The Morgan fingerprint density at radius 3 is 2.37 bits per heavy atom. The van der Waals surface area contributed by atoms with Gasteiger partial charge in [-0.15, -0.1) is 0 Å². The van der Waals surface area contributed by atoms with E-state index in [-0.39, 0.29) is 10.6 Å². The molecule has 1 unspecified atom stereocenters. The van der Waals surface area contributed by atoms with Gasteiger partial charge in [0.1, 0.15) is 5.82 Å². The fourth-order valence-electron chi connectivity index (χ4n) is 1.74. The number of alkyl halides is 1. The van der Waals surface area contributed by atoms with E-state index in [1.807, 2.05) is 25.1 Å². The maximum atomic E-state index is 13.6. The molecule has 0 aliphatic heterocycles. The summed E-state index contributed by atoms with van der Waals surface area (Å²) in [6.07, 6.45) is 0. The quantitative estimate of drug-likeness (QED) is 0.381. The van der Waals surface area contributed by atoms with E-state index >= 15 is 0 Å². The Bertz CT molecular complexity index is 625. The fraction of sp³-hybridized carbons (Fsp3) is 0.143. The molecule has 0 spiro atoms. The van der Waals surface area contributed by atoms with E-state index in [1.54, 1.807) is 6.07 Å². The number of aryl methyl sites for hydroxylation is 1. The van der Waals surface area contributed by atoms with Crippen molar-refractivity contribution in [2.75, 3.05) is 0 Å². The highest BCUT2D eigenvalue weighted by Crippen LogP contribution is 2.41. The van der Waals surface area contributed by atoms with Crippen molar-refractivity contribution in [1.82, 2.24) is 0 Å². The molecule has 0 aliphatic carbocycles. The number of hydrogen-bond acceptors (Lipinski definition) is 0. The Balaban J connectivity index is 2.53. The van der Waals surface area contributed by atoms with Crippen LogP contribution in [0.25, 0.3) is 0 Å². The van der Waals surface area contributed by atoms with E-state index in [0.717, 1.165) is 25.6 Å². The van der Waals surface area contributed by atoms with Gasteiger partial charge in [0.25, 0.3) is 0 Å². The van der Waals surface area contributed by atoms with Crippen LogP contribution in [0.1, 0.15) is 21.5 Å². The molecule has 5 heteroatoms. The molecule has 100 valence electrons. The van der Waals surface area contributed by atoms with E-state index in [9.17, 15) is 4.39 Å². The van der Waals surface area contributed by atoms with Gasteiger partial charge in [0.15, 0.2) is 0 Å². The van der Waals surface area contributed by atoms with Gasteiger partial charge < -0.3 is 0 Å². The molecule has 2 aromatic carbocycles. The first-order valence-electron chi connectivity index (χ1n) is 5.45. The van der Waals surface area contributed by atoms with Gasteiger partial charge in [-0.05, 0) is 57.7 Å². The van der Waals surface area contributed by atoms with Crippen molar-refractivity contribution in [3.8, 4) is 0 Å². The van der Waals surface area contributed by atoms with E-state index in [0.29, 0.717) is 4.47 Å². The largest absolute Gasteiger partial charge is 0.206 e. The maximum absolute atomic E-state index is 13.6.